The van der Waals surface area contributed by atoms with Gasteiger partial charge in [-0.05, 0) is 19.0 Å². The largest absolute Gasteiger partial charge is 0.316 e. The Balaban J connectivity index is 2.05. The van der Waals surface area contributed by atoms with Gasteiger partial charge in [-0.1, -0.05) is 11.6 Å². The van der Waals surface area contributed by atoms with Gasteiger partial charge in [-0.3, -0.25) is 4.40 Å². The van der Waals surface area contributed by atoms with E-state index in [1.807, 2.05) is 12.3 Å². The molecule has 0 aromatic carbocycles. The van der Waals surface area contributed by atoms with Gasteiger partial charge in [0.15, 0.2) is 0 Å². The van der Waals surface area contributed by atoms with Crippen LogP contribution in [-0.2, 0) is 0 Å². The summed E-state index contributed by atoms with van der Waals surface area (Å²) in [5.41, 5.74) is 1.11. The van der Waals surface area contributed by atoms with E-state index in [9.17, 15) is 0 Å². The molecule has 0 saturated carbocycles. The molecule has 78 valence electrons. The Labute approximate surface area is 92.3 Å². The third-order valence-electron chi connectivity index (χ3n) is 2.83. The van der Waals surface area contributed by atoms with E-state index in [4.69, 9.17) is 11.6 Å². The number of nitrogens with zero attached hydrogens (tertiary/aromatic N) is 3. The first-order chi connectivity index (χ1) is 7.34. The molecule has 1 N–H and O–H groups in total. The van der Waals surface area contributed by atoms with Gasteiger partial charge in [0.25, 0.3) is 0 Å². The van der Waals surface area contributed by atoms with E-state index in [1.165, 1.54) is 0 Å². The summed E-state index contributed by atoms with van der Waals surface area (Å²) in [5.74, 6) is 1.20. The highest BCUT2D eigenvalue weighted by atomic mass is 35.5. The summed E-state index contributed by atoms with van der Waals surface area (Å²) < 4.78 is 1.79. The molecular weight excluding hydrogens is 212 g/mol. The second-order valence-electron chi connectivity index (χ2n) is 3.79. The Bertz CT molecular complexity index is 487. The molecule has 1 aliphatic heterocycles. The van der Waals surface area contributed by atoms with Gasteiger partial charge in [0, 0.05) is 18.7 Å². The minimum Gasteiger partial charge on any atom is -0.316 e. The summed E-state index contributed by atoms with van der Waals surface area (Å²) in [6.45, 7) is 2.09. The molecule has 3 rings (SSSR count). The monoisotopic (exact) mass is 222 g/mol. The first-order valence-electron chi connectivity index (χ1n) is 5.05. The van der Waals surface area contributed by atoms with E-state index < -0.39 is 0 Å². The number of hydrogen-bond donors (Lipinski definition) is 1. The van der Waals surface area contributed by atoms with E-state index in [0.717, 1.165) is 25.2 Å². The second-order valence-corrected chi connectivity index (χ2v) is 4.18. The minimum absolute atomic E-state index is 0.519. The van der Waals surface area contributed by atoms with E-state index in [-0.39, 0.29) is 0 Å². The lowest BCUT2D eigenvalue weighted by atomic mass is 10.1. The predicted octanol–water partition coefficient (Wildman–Crippen LogP) is 1.46. The van der Waals surface area contributed by atoms with E-state index in [1.54, 1.807) is 10.6 Å². The zero-order valence-corrected chi connectivity index (χ0v) is 8.91. The van der Waals surface area contributed by atoms with E-state index >= 15 is 0 Å². The predicted molar refractivity (Wildman–Crippen MR) is 58.2 cm³/mol. The van der Waals surface area contributed by atoms with Crippen molar-refractivity contribution in [1.82, 2.24) is 19.7 Å². The third kappa shape index (κ3) is 1.50. The van der Waals surface area contributed by atoms with Crippen LogP contribution in [0.2, 0.25) is 5.15 Å². The third-order valence-corrected chi connectivity index (χ3v) is 3.11. The standard InChI is InChI=1S/C10H11ClN4/c11-9-6-13-10-14-8(2-4-15(9)10)7-1-3-12-5-7/h2,4,6-7,12H,1,3,5H2. The summed E-state index contributed by atoms with van der Waals surface area (Å²) in [5, 5.41) is 3.94. The molecule has 4 nitrogen and oxygen atoms in total. The van der Waals surface area contributed by atoms with Gasteiger partial charge in [0.2, 0.25) is 5.78 Å². The quantitative estimate of drug-likeness (QED) is 0.795. The summed E-state index contributed by atoms with van der Waals surface area (Å²) in [6.07, 6.45) is 4.71. The average Bonchev–Trinajstić information content (AvgIpc) is 2.88. The minimum atomic E-state index is 0.519. The zero-order chi connectivity index (χ0) is 10.3. The van der Waals surface area contributed by atoms with Crippen LogP contribution in [0.3, 0.4) is 0 Å². The summed E-state index contributed by atoms with van der Waals surface area (Å²) >= 11 is 5.93. The molecule has 2 aromatic heterocycles. The normalized spacial score (nSPS) is 21.3. The van der Waals surface area contributed by atoms with Crippen LogP contribution in [0.25, 0.3) is 5.78 Å². The topological polar surface area (TPSA) is 42.2 Å². The van der Waals surface area contributed by atoms with Crippen molar-refractivity contribution in [2.24, 2.45) is 0 Å². The van der Waals surface area contributed by atoms with E-state index in [0.29, 0.717) is 16.8 Å². The van der Waals surface area contributed by atoms with Gasteiger partial charge in [0.05, 0.1) is 11.9 Å². The fourth-order valence-corrected chi connectivity index (χ4v) is 2.17. The van der Waals surface area contributed by atoms with Crippen molar-refractivity contribution in [2.45, 2.75) is 12.3 Å². The molecule has 0 aliphatic carbocycles. The second kappa shape index (κ2) is 3.47. The maximum absolute atomic E-state index is 5.93. The molecule has 1 saturated heterocycles. The average molecular weight is 223 g/mol. The molecule has 0 amide bonds. The van der Waals surface area contributed by atoms with Crippen molar-refractivity contribution in [2.75, 3.05) is 13.1 Å². The van der Waals surface area contributed by atoms with Crippen LogP contribution in [0, 0.1) is 0 Å². The Morgan fingerprint density at radius 2 is 2.47 bits per heavy atom. The number of halogens is 1. The Kier molecular flexibility index (Phi) is 2.11. The van der Waals surface area contributed by atoms with Crippen molar-refractivity contribution in [3.8, 4) is 0 Å². The van der Waals surface area contributed by atoms with Crippen LogP contribution < -0.4 is 5.32 Å². The first-order valence-corrected chi connectivity index (χ1v) is 5.42. The van der Waals surface area contributed by atoms with Crippen molar-refractivity contribution < 1.29 is 0 Å². The van der Waals surface area contributed by atoms with Gasteiger partial charge in [-0.15, -0.1) is 0 Å². The highest BCUT2D eigenvalue weighted by Gasteiger charge is 2.18. The van der Waals surface area contributed by atoms with Crippen LogP contribution in [0.1, 0.15) is 18.0 Å². The summed E-state index contributed by atoms with van der Waals surface area (Å²) in [7, 11) is 0. The van der Waals surface area contributed by atoms with Crippen molar-refractivity contribution in [1.29, 1.82) is 0 Å². The Morgan fingerprint density at radius 1 is 1.53 bits per heavy atom. The maximum Gasteiger partial charge on any atom is 0.235 e. The van der Waals surface area contributed by atoms with Gasteiger partial charge < -0.3 is 5.32 Å². The molecule has 2 aromatic rings. The molecule has 3 heterocycles. The SMILES string of the molecule is Clc1cnc2nc(C3CCNC3)ccn12. The van der Waals surface area contributed by atoms with Crippen molar-refractivity contribution in [3.63, 3.8) is 0 Å². The highest BCUT2D eigenvalue weighted by molar-refractivity contribution is 6.29. The lowest BCUT2D eigenvalue weighted by Crippen LogP contribution is -2.09. The molecular formula is C10H11ClN4. The number of nitrogens with one attached hydrogen (secondary N) is 1. The first kappa shape index (κ1) is 9.12. The van der Waals surface area contributed by atoms with Crippen LogP contribution in [0.15, 0.2) is 18.5 Å². The number of hydrogen-bond acceptors (Lipinski definition) is 3. The molecule has 1 aliphatic rings. The maximum atomic E-state index is 5.93. The molecule has 1 fully saturated rings. The molecule has 0 spiro atoms. The van der Waals surface area contributed by atoms with Gasteiger partial charge in [-0.25, -0.2) is 9.97 Å². The van der Waals surface area contributed by atoms with Gasteiger partial charge in [-0.2, -0.15) is 0 Å². The Hall–Kier alpha value is -1.13. The number of fused-ring (bicyclic) bond motifs is 1. The number of aromatic nitrogens is 3. The van der Waals surface area contributed by atoms with Crippen LogP contribution in [0.5, 0.6) is 0 Å². The highest BCUT2D eigenvalue weighted by Crippen LogP contribution is 2.21. The molecule has 0 radical (unpaired) electrons. The molecule has 5 heteroatoms. The number of rotatable bonds is 1. The summed E-state index contributed by atoms with van der Waals surface area (Å²) in [6, 6.07) is 2.03. The Morgan fingerprint density at radius 3 is 3.27 bits per heavy atom. The number of imidazole rings is 1. The summed E-state index contributed by atoms with van der Waals surface area (Å²) in [4.78, 5) is 8.66. The fraction of sp³-hybridized carbons (Fsp3) is 0.400. The fourth-order valence-electron chi connectivity index (χ4n) is 1.99. The molecule has 1 unspecified atom stereocenters. The van der Waals surface area contributed by atoms with Gasteiger partial charge in [0.1, 0.15) is 5.15 Å². The smallest absolute Gasteiger partial charge is 0.235 e. The van der Waals surface area contributed by atoms with Crippen LogP contribution in [-0.4, -0.2) is 27.5 Å². The van der Waals surface area contributed by atoms with Crippen LogP contribution in [0.4, 0.5) is 0 Å². The molecule has 1 atom stereocenters. The van der Waals surface area contributed by atoms with Gasteiger partial charge >= 0.3 is 0 Å². The lowest BCUT2D eigenvalue weighted by molar-refractivity contribution is 0.733. The van der Waals surface area contributed by atoms with E-state index in [2.05, 4.69) is 15.3 Å². The molecule has 15 heavy (non-hydrogen) atoms. The van der Waals surface area contributed by atoms with Crippen molar-refractivity contribution >= 4 is 17.4 Å². The lowest BCUT2D eigenvalue weighted by Gasteiger charge is -2.07. The molecule has 0 bridgehead atoms. The zero-order valence-electron chi connectivity index (χ0n) is 8.15. The van der Waals surface area contributed by atoms with Crippen LogP contribution >= 0.6 is 11.6 Å². The van der Waals surface area contributed by atoms with Crippen molar-refractivity contribution in [3.05, 3.63) is 29.3 Å².